The number of imidazole rings is 1. The number of carbonyl (C=O) groups excluding carboxylic acids is 3. The molecule has 0 spiro atoms. The second-order valence-corrected chi connectivity index (χ2v) is 11.0. The number of nitrogens with one attached hydrogen (secondary N) is 2. The number of piperidine rings is 1. The Bertz CT molecular complexity index is 1530. The van der Waals surface area contributed by atoms with Gasteiger partial charge < -0.3 is 25.0 Å². The van der Waals surface area contributed by atoms with Gasteiger partial charge in [-0.3, -0.25) is 19.1 Å². The van der Waals surface area contributed by atoms with Gasteiger partial charge in [0.05, 0.1) is 28.0 Å². The lowest BCUT2D eigenvalue weighted by atomic mass is 9.96. The molecular weight excluding hydrogens is 624 g/mol. The zero-order valence-corrected chi connectivity index (χ0v) is 25.7. The van der Waals surface area contributed by atoms with E-state index in [0.717, 1.165) is 25.9 Å². The lowest BCUT2D eigenvalue weighted by Crippen LogP contribution is -2.52. The van der Waals surface area contributed by atoms with Crippen molar-refractivity contribution in [1.29, 1.82) is 0 Å². The molecule has 0 atom stereocenters. The summed E-state index contributed by atoms with van der Waals surface area (Å²) in [6, 6.07) is 4.46. The molecule has 4 heterocycles. The summed E-state index contributed by atoms with van der Waals surface area (Å²) in [6.07, 6.45) is -0.585. The van der Waals surface area contributed by atoms with E-state index in [1.165, 1.54) is 46.9 Å². The average molecular weight is 658 g/mol. The minimum Gasteiger partial charge on any atom is -0.339 e. The van der Waals surface area contributed by atoms with E-state index < -0.39 is 17.8 Å². The quantitative estimate of drug-likeness (QED) is 0.415. The summed E-state index contributed by atoms with van der Waals surface area (Å²) >= 11 is 6.44. The summed E-state index contributed by atoms with van der Waals surface area (Å²) in [5.74, 6) is -0.909. The van der Waals surface area contributed by atoms with Gasteiger partial charge in [0.15, 0.2) is 11.5 Å². The Labute approximate surface area is 263 Å². The first kappa shape index (κ1) is 33.3. The molecule has 2 aliphatic heterocycles. The lowest BCUT2D eigenvalue weighted by molar-refractivity contribution is -0.141. The maximum atomic E-state index is 13.6. The maximum absolute atomic E-state index is 13.6. The number of halogens is 5. The molecule has 0 radical (unpaired) electrons. The van der Waals surface area contributed by atoms with Crippen molar-refractivity contribution in [3.63, 3.8) is 0 Å². The van der Waals surface area contributed by atoms with Crippen LogP contribution in [-0.2, 0) is 24.6 Å². The van der Waals surface area contributed by atoms with Gasteiger partial charge in [0.2, 0.25) is 5.91 Å². The van der Waals surface area contributed by atoms with Crippen molar-refractivity contribution in [2.75, 3.05) is 44.6 Å². The van der Waals surface area contributed by atoms with Gasteiger partial charge >= 0.3 is 6.18 Å². The molecule has 16 heteroatoms. The molecule has 2 fully saturated rings. The van der Waals surface area contributed by atoms with Crippen LogP contribution in [0.1, 0.15) is 46.4 Å². The fourth-order valence-corrected chi connectivity index (χ4v) is 5.69. The normalized spacial score (nSPS) is 16.0. The van der Waals surface area contributed by atoms with E-state index in [4.69, 9.17) is 11.6 Å². The monoisotopic (exact) mass is 656 g/mol. The van der Waals surface area contributed by atoms with Crippen molar-refractivity contribution < 1.29 is 27.6 Å². The first-order chi connectivity index (χ1) is 20.5. The number of aryl methyl sites for hydroxylation is 1. The van der Waals surface area contributed by atoms with Crippen LogP contribution in [0.5, 0.6) is 0 Å². The molecule has 2 N–H and O–H groups in total. The van der Waals surface area contributed by atoms with Crippen LogP contribution in [0, 0.1) is 5.92 Å². The largest absolute Gasteiger partial charge is 0.435 e. The number of nitrogens with zero attached hydrogens (tertiary/aromatic N) is 6. The summed E-state index contributed by atoms with van der Waals surface area (Å²) in [6.45, 7) is 5.26. The van der Waals surface area contributed by atoms with Gasteiger partial charge in [-0.2, -0.15) is 18.3 Å². The molecule has 5 rings (SSSR count). The Morgan fingerprint density at radius 3 is 2.36 bits per heavy atom. The molecule has 2 aromatic heterocycles. The molecule has 44 heavy (non-hydrogen) atoms. The van der Waals surface area contributed by atoms with Gasteiger partial charge in [0.1, 0.15) is 0 Å². The van der Waals surface area contributed by atoms with Gasteiger partial charge in [0, 0.05) is 57.6 Å². The second kappa shape index (κ2) is 13.6. The molecule has 0 unspecified atom stereocenters. The second-order valence-electron chi connectivity index (χ2n) is 10.6. The Morgan fingerprint density at radius 2 is 1.75 bits per heavy atom. The van der Waals surface area contributed by atoms with Crippen LogP contribution in [0.25, 0.3) is 11.3 Å². The highest BCUT2D eigenvalue weighted by molar-refractivity contribution is 6.34. The highest BCUT2D eigenvalue weighted by atomic mass is 35.5. The first-order valence-electron chi connectivity index (χ1n) is 14.0. The summed E-state index contributed by atoms with van der Waals surface area (Å²) in [7, 11) is 1.44. The lowest BCUT2D eigenvalue weighted by Gasteiger charge is -2.37. The Kier molecular flexibility index (Phi) is 10.3. The molecule has 2 saturated heterocycles. The van der Waals surface area contributed by atoms with Crippen molar-refractivity contribution >= 4 is 47.4 Å². The Hall–Kier alpha value is -3.62. The number of piperazine rings is 1. The van der Waals surface area contributed by atoms with Gasteiger partial charge in [0.25, 0.3) is 11.8 Å². The van der Waals surface area contributed by atoms with Gasteiger partial charge in [-0.1, -0.05) is 11.6 Å². The molecule has 0 saturated carbocycles. The van der Waals surface area contributed by atoms with Gasteiger partial charge in [-0.25, -0.2) is 4.98 Å². The minimum absolute atomic E-state index is 0. The molecule has 2 aliphatic rings. The predicted molar refractivity (Wildman–Crippen MR) is 160 cm³/mol. The number of alkyl halides is 3. The van der Waals surface area contributed by atoms with Crippen molar-refractivity contribution in [1.82, 2.24) is 34.4 Å². The predicted octanol–water partition coefficient (Wildman–Crippen LogP) is 3.93. The zero-order chi connectivity index (χ0) is 30.9. The van der Waals surface area contributed by atoms with Crippen LogP contribution in [0.3, 0.4) is 0 Å². The molecule has 238 valence electrons. The number of carbonyl (C=O) groups is 3. The highest BCUT2D eigenvalue weighted by Crippen LogP contribution is 2.36. The smallest absolute Gasteiger partial charge is 0.339 e. The minimum atomic E-state index is -4.68. The fraction of sp³-hybridized carbons (Fsp3) is 0.464. The van der Waals surface area contributed by atoms with E-state index in [1.807, 2.05) is 4.90 Å². The number of hydrogen-bond donors (Lipinski definition) is 2. The molecule has 1 aromatic carbocycles. The fourth-order valence-electron chi connectivity index (χ4n) is 5.43. The van der Waals surface area contributed by atoms with Crippen LogP contribution in [0.4, 0.5) is 18.9 Å². The van der Waals surface area contributed by atoms with Gasteiger partial charge in [-0.15, -0.1) is 12.4 Å². The third kappa shape index (κ3) is 6.87. The summed E-state index contributed by atoms with van der Waals surface area (Å²) < 4.78 is 43.2. The first-order valence-corrected chi connectivity index (χ1v) is 14.4. The van der Waals surface area contributed by atoms with E-state index >= 15 is 0 Å². The van der Waals surface area contributed by atoms with Crippen LogP contribution in [0.2, 0.25) is 5.02 Å². The van der Waals surface area contributed by atoms with E-state index in [0.29, 0.717) is 26.2 Å². The molecule has 0 aliphatic carbocycles. The van der Waals surface area contributed by atoms with Crippen molar-refractivity contribution in [3.05, 3.63) is 52.7 Å². The van der Waals surface area contributed by atoms with E-state index in [9.17, 15) is 27.6 Å². The number of benzene rings is 1. The number of hydrogen-bond acceptors (Lipinski definition) is 6. The SMILES string of the molecule is CCn1cc(-c2cnc(C(=O)Nc3ccc(C(=O)N4CCN(C(=O)C5CCNCC5)CC4)c(Cl)c3)n2C)c(C(F)(F)F)n1.Cl. The summed E-state index contributed by atoms with van der Waals surface area (Å²) in [5, 5.41) is 9.64. The Morgan fingerprint density at radius 1 is 1.09 bits per heavy atom. The van der Waals surface area contributed by atoms with Crippen LogP contribution in [-0.4, -0.2) is 86.1 Å². The third-order valence-corrected chi connectivity index (χ3v) is 8.16. The van der Waals surface area contributed by atoms with Crippen molar-refractivity contribution in [2.24, 2.45) is 13.0 Å². The zero-order valence-electron chi connectivity index (χ0n) is 24.2. The molecule has 3 amide bonds. The number of amides is 3. The number of rotatable bonds is 6. The summed E-state index contributed by atoms with van der Waals surface area (Å²) in [5.41, 5.74) is -0.640. The highest BCUT2D eigenvalue weighted by Gasteiger charge is 2.38. The summed E-state index contributed by atoms with van der Waals surface area (Å²) in [4.78, 5) is 46.6. The maximum Gasteiger partial charge on any atom is 0.435 e. The number of aromatic nitrogens is 4. The molecule has 3 aromatic rings. The van der Waals surface area contributed by atoms with Crippen molar-refractivity contribution in [2.45, 2.75) is 32.5 Å². The molecule has 11 nitrogen and oxygen atoms in total. The third-order valence-electron chi connectivity index (χ3n) is 7.85. The van der Waals surface area contributed by atoms with E-state index in [2.05, 4.69) is 20.7 Å². The van der Waals surface area contributed by atoms with E-state index in [-0.39, 0.29) is 70.0 Å². The number of anilines is 1. The van der Waals surface area contributed by atoms with E-state index in [1.54, 1.807) is 11.8 Å². The van der Waals surface area contributed by atoms with Crippen molar-refractivity contribution in [3.8, 4) is 11.3 Å². The average Bonchev–Trinajstić information content (AvgIpc) is 3.60. The van der Waals surface area contributed by atoms with Gasteiger partial charge in [-0.05, 0) is 51.1 Å². The van der Waals surface area contributed by atoms with Crippen LogP contribution < -0.4 is 10.6 Å². The van der Waals surface area contributed by atoms with Crippen LogP contribution in [0.15, 0.2) is 30.6 Å². The Balaban J connectivity index is 0.00000442. The molecular formula is C28H33Cl2F3N8O3. The standard InChI is InChI=1S/C28H32ClF3N8O3.ClH/c1-3-40-16-20(23(36-40)28(30,31)32)22-15-34-24(37(22)2)25(41)35-18-4-5-19(21(29)14-18)27(43)39-12-10-38(11-13-39)26(42)17-6-8-33-9-7-17;/h4-5,14-17,33H,3,6-13H2,1-2H3,(H,35,41);1H. The van der Waals surface area contributed by atoms with Crippen LogP contribution >= 0.6 is 24.0 Å². The topological polar surface area (TPSA) is 117 Å². The molecule has 0 bridgehead atoms.